The van der Waals surface area contributed by atoms with Crippen LogP contribution in [-0.4, -0.2) is 47.2 Å². The lowest BCUT2D eigenvalue weighted by atomic mass is 9.90. The van der Waals surface area contributed by atoms with Crippen molar-refractivity contribution in [2.24, 2.45) is 0 Å². The van der Waals surface area contributed by atoms with Crippen LogP contribution in [0.5, 0.6) is 0 Å². The van der Waals surface area contributed by atoms with Crippen LogP contribution < -0.4 is 5.32 Å². The van der Waals surface area contributed by atoms with Crippen molar-refractivity contribution in [1.29, 1.82) is 0 Å². The maximum absolute atomic E-state index is 11.5. The molecule has 2 atom stereocenters. The highest BCUT2D eigenvalue weighted by molar-refractivity contribution is 5.78. The first kappa shape index (κ1) is 16.4. The smallest absolute Gasteiger partial charge is 0.323 e. The molecule has 4 nitrogen and oxygen atoms in total. The normalized spacial score (nSPS) is 23.4. The molecule has 112 valence electrons. The molecule has 0 saturated carbocycles. The Morgan fingerprint density at radius 3 is 2.68 bits per heavy atom. The third-order valence-corrected chi connectivity index (χ3v) is 4.55. The van der Waals surface area contributed by atoms with Crippen molar-refractivity contribution in [3.05, 3.63) is 0 Å². The van der Waals surface area contributed by atoms with Crippen LogP contribution in [0.3, 0.4) is 0 Å². The van der Waals surface area contributed by atoms with E-state index in [4.69, 9.17) is 0 Å². The average Bonchev–Trinajstić information content (AvgIpc) is 2.84. The van der Waals surface area contributed by atoms with Crippen molar-refractivity contribution in [3.8, 4) is 0 Å². The Balaban J connectivity index is 2.46. The number of likely N-dealkylation sites (N-methyl/N-ethyl adjacent to an activating group) is 1. The second kappa shape index (κ2) is 7.85. The molecule has 2 N–H and O–H groups in total. The highest BCUT2D eigenvalue weighted by atomic mass is 16.4. The monoisotopic (exact) mass is 270 g/mol. The van der Waals surface area contributed by atoms with Gasteiger partial charge in [0.2, 0.25) is 0 Å². The number of carboxylic acids is 1. The number of nitrogens with one attached hydrogen (secondary N) is 1. The number of aliphatic carboxylic acids is 1. The summed E-state index contributed by atoms with van der Waals surface area (Å²) in [5, 5.41) is 12.6. The minimum absolute atomic E-state index is 0.646. The van der Waals surface area contributed by atoms with E-state index in [0.717, 1.165) is 25.4 Å². The predicted molar refractivity (Wildman–Crippen MR) is 78.5 cm³/mol. The van der Waals surface area contributed by atoms with Crippen LogP contribution in [0.25, 0.3) is 0 Å². The number of carboxylic acid groups (broad SMARTS) is 1. The third kappa shape index (κ3) is 4.18. The Morgan fingerprint density at radius 1 is 1.42 bits per heavy atom. The Hall–Kier alpha value is -0.610. The second-order valence-corrected chi connectivity index (χ2v) is 5.61. The van der Waals surface area contributed by atoms with Gasteiger partial charge in [0, 0.05) is 6.04 Å². The summed E-state index contributed by atoms with van der Waals surface area (Å²) in [6.45, 7) is 9.11. The summed E-state index contributed by atoms with van der Waals surface area (Å²) in [6.07, 6.45) is 6.15. The van der Waals surface area contributed by atoms with E-state index in [9.17, 15) is 9.90 Å². The first-order valence-electron chi connectivity index (χ1n) is 7.82. The zero-order valence-corrected chi connectivity index (χ0v) is 12.7. The summed E-state index contributed by atoms with van der Waals surface area (Å²) in [5.74, 6) is -0.703. The molecular weight excluding hydrogens is 240 g/mol. The van der Waals surface area contributed by atoms with Gasteiger partial charge in [-0.2, -0.15) is 0 Å². The first-order valence-corrected chi connectivity index (χ1v) is 7.82. The van der Waals surface area contributed by atoms with E-state index < -0.39 is 11.5 Å². The maximum atomic E-state index is 11.5. The molecular formula is C15H30N2O2. The summed E-state index contributed by atoms with van der Waals surface area (Å²) in [4.78, 5) is 14.0. The SMILES string of the molecule is CCNC(CC)(CCCN1CCCC1CC)C(=O)O. The van der Waals surface area contributed by atoms with E-state index in [-0.39, 0.29) is 0 Å². The number of likely N-dealkylation sites (tertiary alicyclic amines) is 1. The highest BCUT2D eigenvalue weighted by Gasteiger charge is 2.35. The Bertz CT molecular complexity index is 283. The van der Waals surface area contributed by atoms with Gasteiger partial charge in [-0.05, 0) is 58.2 Å². The lowest BCUT2D eigenvalue weighted by Crippen LogP contribution is -2.52. The van der Waals surface area contributed by atoms with Crippen LogP contribution in [0.1, 0.15) is 59.3 Å². The van der Waals surface area contributed by atoms with Gasteiger partial charge in [-0.15, -0.1) is 0 Å². The van der Waals surface area contributed by atoms with Gasteiger partial charge >= 0.3 is 5.97 Å². The first-order chi connectivity index (χ1) is 9.09. The lowest BCUT2D eigenvalue weighted by Gasteiger charge is -2.31. The molecule has 0 radical (unpaired) electrons. The standard InChI is InChI=1S/C15H30N2O2/c1-4-13-9-7-11-17(13)12-8-10-15(5-2,14(18)19)16-6-3/h13,16H,4-12H2,1-3H3,(H,18,19). The molecule has 1 rings (SSSR count). The molecule has 1 fully saturated rings. The van der Waals surface area contributed by atoms with Crippen LogP contribution in [-0.2, 0) is 4.79 Å². The molecule has 4 heteroatoms. The molecule has 2 unspecified atom stereocenters. The molecule has 0 aromatic heterocycles. The van der Waals surface area contributed by atoms with Gasteiger partial charge in [0.15, 0.2) is 0 Å². The number of hydrogen-bond donors (Lipinski definition) is 2. The number of rotatable bonds is 9. The van der Waals surface area contributed by atoms with Gasteiger partial charge in [-0.1, -0.05) is 20.8 Å². The molecule has 1 aliphatic rings. The van der Waals surface area contributed by atoms with Crippen molar-refractivity contribution in [2.45, 2.75) is 70.9 Å². The van der Waals surface area contributed by atoms with Gasteiger partial charge in [-0.25, -0.2) is 0 Å². The number of carbonyl (C=O) groups is 1. The number of nitrogens with zero attached hydrogens (tertiary/aromatic N) is 1. The molecule has 0 aromatic carbocycles. The second-order valence-electron chi connectivity index (χ2n) is 5.61. The van der Waals surface area contributed by atoms with Crippen molar-refractivity contribution in [2.75, 3.05) is 19.6 Å². The summed E-state index contributed by atoms with van der Waals surface area (Å²) in [5.41, 5.74) is -0.726. The topological polar surface area (TPSA) is 52.6 Å². The van der Waals surface area contributed by atoms with E-state index in [2.05, 4.69) is 17.1 Å². The third-order valence-electron chi connectivity index (χ3n) is 4.55. The van der Waals surface area contributed by atoms with E-state index >= 15 is 0 Å². The maximum Gasteiger partial charge on any atom is 0.323 e. The van der Waals surface area contributed by atoms with Gasteiger partial charge < -0.3 is 15.3 Å². The zero-order valence-electron chi connectivity index (χ0n) is 12.7. The van der Waals surface area contributed by atoms with E-state index in [1.807, 2.05) is 13.8 Å². The molecule has 0 aliphatic carbocycles. The summed E-state index contributed by atoms with van der Waals surface area (Å²) in [7, 11) is 0. The van der Waals surface area contributed by atoms with Gasteiger partial charge in [0.25, 0.3) is 0 Å². The Morgan fingerprint density at radius 2 is 2.16 bits per heavy atom. The van der Waals surface area contributed by atoms with Gasteiger partial charge in [-0.3, -0.25) is 4.79 Å². The highest BCUT2D eigenvalue weighted by Crippen LogP contribution is 2.23. The van der Waals surface area contributed by atoms with Gasteiger partial charge in [0.05, 0.1) is 0 Å². The van der Waals surface area contributed by atoms with Gasteiger partial charge in [0.1, 0.15) is 5.54 Å². The lowest BCUT2D eigenvalue weighted by molar-refractivity contribution is -0.145. The average molecular weight is 270 g/mol. The van der Waals surface area contributed by atoms with Crippen molar-refractivity contribution >= 4 is 5.97 Å². The van der Waals surface area contributed by atoms with Crippen molar-refractivity contribution < 1.29 is 9.90 Å². The molecule has 1 aliphatic heterocycles. The van der Waals surface area contributed by atoms with E-state index in [1.165, 1.54) is 25.8 Å². The van der Waals surface area contributed by atoms with Crippen LogP contribution in [0.15, 0.2) is 0 Å². The molecule has 0 spiro atoms. The van der Waals surface area contributed by atoms with Crippen LogP contribution in [0.2, 0.25) is 0 Å². The number of hydrogen-bond acceptors (Lipinski definition) is 3. The molecule has 0 amide bonds. The molecule has 0 bridgehead atoms. The van der Waals surface area contributed by atoms with Crippen LogP contribution >= 0.6 is 0 Å². The van der Waals surface area contributed by atoms with Crippen LogP contribution in [0, 0.1) is 0 Å². The minimum Gasteiger partial charge on any atom is -0.480 e. The molecule has 19 heavy (non-hydrogen) atoms. The summed E-state index contributed by atoms with van der Waals surface area (Å²) >= 11 is 0. The zero-order chi connectivity index (χ0) is 14.3. The van der Waals surface area contributed by atoms with Crippen LogP contribution in [0.4, 0.5) is 0 Å². The fourth-order valence-corrected chi connectivity index (χ4v) is 3.30. The van der Waals surface area contributed by atoms with E-state index in [1.54, 1.807) is 0 Å². The molecule has 0 aromatic rings. The largest absolute Gasteiger partial charge is 0.480 e. The fourth-order valence-electron chi connectivity index (χ4n) is 3.30. The minimum atomic E-state index is -0.726. The van der Waals surface area contributed by atoms with E-state index in [0.29, 0.717) is 13.0 Å². The fraction of sp³-hybridized carbons (Fsp3) is 0.933. The van der Waals surface area contributed by atoms with Crippen molar-refractivity contribution in [1.82, 2.24) is 10.2 Å². The summed E-state index contributed by atoms with van der Waals surface area (Å²) < 4.78 is 0. The molecule has 1 saturated heterocycles. The predicted octanol–water partition coefficient (Wildman–Crippen LogP) is 2.48. The quantitative estimate of drug-likeness (QED) is 0.676. The van der Waals surface area contributed by atoms with Crippen molar-refractivity contribution in [3.63, 3.8) is 0 Å². The molecule has 1 heterocycles. The summed E-state index contributed by atoms with van der Waals surface area (Å²) in [6, 6.07) is 0.722. The Labute approximate surface area is 117 Å². The Kier molecular flexibility index (Phi) is 6.80.